The lowest BCUT2D eigenvalue weighted by Crippen LogP contribution is -2.08. The minimum absolute atomic E-state index is 0.0404. The van der Waals surface area contributed by atoms with E-state index < -0.39 is 11.6 Å². The highest BCUT2D eigenvalue weighted by atomic mass is 16.5. The van der Waals surface area contributed by atoms with Gasteiger partial charge in [-0.15, -0.1) is 0 Å². The quantitative estimate of drug-likeness (QED) is 0.426. The Kier molecular flexibility index (Phi) is 4.01. The molecular formula is C21H14O6. The number of fused-ring (bicyclic) bond motifs is 2. The number of rotatable bonds is 3. The molecule has 1 aromatic heterocycles. The van der Waals surface area contributed by atoms with E-state index in [4.69, 9.17) is 9.15 Å². The number of carbonyl (C=O) groups is 1. The van der Waals surface area contributed by atoms with E-state index in [9.17, 15) is 19.8 Å². The Balaban J connectivity index is 1.64. The van der Waals surface area contributed by atoms with Crippen LogP contribution in [0.2, 0.25) is 0 Å². The Bertz CT molecular complexity index is 1240. The van der Waals surface area contributed by atoms with Crippen molar-refractivity contribution in [2.75, 3.05) is 0 Å². The van der Waals surface area contributed by atoms with Gasteiger partial charge in [-0.2, -0.15) is 0 Å². The normalized spacial score (nSPS) is 11.0. The zero-order valence-electron chi connectivity index (χ0n) is 14.0. The summed E-state index contributed by atoms with van der Waals surface area (Å²) in [6.07, 6.45) is 0. The molecule has 0 saturated heterocycles. The molecule has 3 aromatic carbocycles. The molecule has 0 fully saturated rings. The van der Waals surface area contributed by atoms with Gasteiger partial charge >= 0.3 is 11.6 Å². The molecular weight excluding hydrogens is 348 g/mol. The molecule has 0 saturated carbocycles. The van der Waals surface area contributed by atoms with Gasteiger partial charge in [0.15, 0.2) is 0 Å². The number of aromatic hydroxyl groups is 2. The Morgan fingerprint density at radius 2 is 1.78 bits per heavy atom. The number of phenolic OH excluding ortho intramolecular Hbond substituents is 2. The average molecular weight is 362 g/mol. The lowest BCUT2D eigenvalue weighted by molar-refractivity contribution is 0.0471. The van der Waals surface area contributed by atoms with E-state index in [2.05, 4.69) is 0 Å². The number of hydrogen-bond donors (Lipinski definition) is 2. The van der Waals surface area contributed by atoms with Crippen LogP contribution >= 0.6 is 0 Å². The third-order valence-corrected chi connectivity index (χ3v) is 4.29. The molecule has 1 heterocycles. The number of hydrogen-bond acceptors (Lipinski definition) is 6. The van der Waals surface area contributed by atoms with Crippen molar-refractivity contribution in [1.82, 2.24) is 0 Å². The lowest BCUT2D eigenvalue weighted by Gasteiger charge is -2.10. The molecule has 6 nitrogen and oxygen atoms in total. The maximum atomic E-state index is 12.4. The van der Waals surface area contributed by atoms with Crippen LogP contribution in [0.25, 0.3) is 21.7 Å². The first-order valence-electron chi connectivity index (χ1n) is 8.16. The maximum absolute atomic E-state index is 12.4. The summed E-state index contributed by atoms with van der Waals surface area (Å²) < 4.78 is 10.3. The molecule has 0 aliphatic heterocycles. The van der Waals surface area contributed by atoms with E-state index in [1.165, 1.54) is 24.3 Å². The van der Waals surface area contributed by atoms with E-state index in [-0.39, 0.29) is 29.3 Å². The summed E-state index contributed by atoms with van der Waals surface area (Å²) in [5, 5.41) is 21.8. The summed E-state index contributed by atoms with van der Waals surface area (Å²) in [5.41, 5.74) is 0.0586. The highest BCUT2D eigenvalue weighted by Crippen LogP contribution is 2.29. The van der Waals surface area contributed by atoms with Crippen LogP contribution in [-0.2, 0) is 11.3 Å². The molecule has 6 heteroatoms. The molecule has 0 unspecified atom stereocenters. The Morgan fingerprint density at radius 3 is 2.63 bits per heavy atom. The molecule has 0 spiro atoms. The maximum Gasteiger partial charge on any atom is 0.342 e. The molecule has 0 aliphatic rings. The second-order valence-electron chi connectivity index (χ2n) is 6.03. The van der Waals surface area contributed by atoms with Crippen molar-refractivity contribution in [2.45, 2.75) is 6.61 Å². The molecule has 2 N–H and O–H groups in total. The molecule has 0 aliphatic carbocycles. The second kappa shape index (κ2) is 6.49. The number of carbonyl (C=O) groups excluding carboxylic acids is 1. The third-order valence-electron chi connectivity index (χ3n) is 4.29. The van der Waals surface area contributed by atoms with Gasteiger partial charge in [0, 0.05) is 28.5 Å². The van der Waals surface area contributed by atoms with E-state index in [0.717, 1.165) is 5.39 Å². The van der Waals surface area contributed by atoms with Crippen molar-refractivity contribution in [3.8, 4) is 11.5 Å². The highest BCUT2D eigenvalue weighted by Gasteiger charge is 2.16. The fourth-order valence-electron chi connectivity index (χ4n) is 2.98. The summed E-state index contributed by atoms with van der Waals surface area (Å²) in [6.45, 7) is -0.183. The van der Waals surface area contributed by atoms with E-state index in [0.29, 0.717) is 16.3 Å². The van der Waals surface area contributed by atoms with Crippen LogP contribution in [0.4, 0.5) is 0 Å². The van der Waals surface area contributed by atoms with Crippen LogP contribution in [-0.4, -0.2) is 16.2 Å². The average Bonchev–Trinajstić information content (AvgIpc) is 2.66. The minimum atomic E-state index is -0.710. The van der Waals surface area contributed by atoms with Crippen LogP contribution < -0.4 is 5.63 Å². The zero-order chi connectivity index (χ0) is 19.0. The summed E-state index contributed by atoms with van der Waals surface area (Å²) in [6, 6.07) is 15.9. The van der Waals surface area contributed by atoms with Gasteiger partial charge < -0.3 is 19.4 Å². The molecule has 4 aromatic rings. The van der Waals surface area contributed by atoms with Crippen LogP contribution in [0.5, 0.6) is 11.5 Å². The number of phenols is 2. The second-order valence-corrected chi connectivity index (χ2v) is 6.03. The Labute approximate surface area is 152 Å². The van der Waals surface area contributed by atoms with E-state index in [1.54, 1.807) is 24.3 Å². The van der Waals surface area contributed by atoms with Gasteiger partial charge in [-0.3, -0.25) is 0 Å². The SMILES string of the molecule is O=C(OCc1cc(=O)oc2cc(O)ccc12)c1ccc2ccccc2c1O. The standard InChI is InChI=1S/C21H14O6/c22-14-6-8-15-13(9-19(23)27-18(15)10-14)11-26-21(25)17-7-5-12-3-1-2-4-16(12)20(17)24/h1-10,22,24H,11H2. The Morgan fingerprint density at radius 1 is 0.963 bits per heavy atom. The zero-order valence-corrected chi connectivity index (χ0v) is 14.0. The monoisotopic (exact) mass is 362 g/mol. The number of esters is 1. The van der Waals surface area contributed by atoms with Gasteiger partial charge in [0.05, 0.1) is 0 Å². The van der Waals surface area contributed by atoms with Crippen LogP contribution in [0.3, 0.4) is 0 Å². The van der Waals surface area contributed by atoms with Crippen LogP contribution in [0.1, 0.15) is 15.9 Å². The minimum Gasteiger partial charge on any atom is -0.508 e. The van der Waals surface area contributed by atoms with E-state index >= 15 is 0 Å². The predicted octanol–water partition coefficient (Wildman–Crippen LogP) is 3.71. The summed E-state index contributed by atoms with van der Waals surface area (Å²) in [5.74, 6) is -0.903. The largest absolute Gasteiger partial charge is 0.508 e. The van der Waals surface area contributed by atoms with Gasteiger partial charge in [0.1, 0.15) is 29.3 Å². The molecule has 0 amide bonds. The molecule has 134 valence electrons. The molecule has 27 heavy (non-hydrogen) atoms. The van der Waals surface area contributed by atoms with Gasteiger partial charge in [0.2, 0.25) is 0 Å². The summed E-state index contributed by atoms with van der Waals surface area (Å²) in [7, 11) is 0. The summed E-state index contributed by atoms with van der Waals surface area (Å²) in [4.78, 5) is 24.1. The first-order chi connectivity index (χ1) is 13.0. The lowest BCUT2D eigenvalue weighted by atomic mass is 10.1. The fourth-order valence-corrected chi connectivity index (χ4v) is 2.98. The van der Waals surface area contributed by atoms with Crippen molar-refractivity contribution < 1.29 is 24.2 Å². The van der Waals surface area contributed by atoms with Crippen LogP contribution in [0, 0.1) is 0 Å². The highest BCUT2D eigenvalue weighted by molar-refractivity contribution is 6.01. The van der Waals surface area contributed by atoms with Crippen molar-refractivity contribution in [3.05, 3.63) is 82.2 Å². The van der Waals surface area contributed by atoms with Crippen molar-refractivity contribution >= 4 is 27.7 Å². The Hall–Kier alpha value is -3.80. The molecule has 0 atom stereocenters. The molecule has 0 radical (unpaired) electrons. The first-order valence-corrected chi connectivity index (χ1v) is 8.16. The topological polar surface area (TPSA) is 97.0 Å². The number of benzene rings is 3. The molecule has 4 rings (SSSR count). The van der Waals surface area contributed by atoms with Crippen LogP contribution in [0.15, 0.2) is 69.9 Å². The summed E-state index contributed by atoms with van der Waals surface area (Å²) >= 11 is 0. The van der Waals surface area contributed by atoms with Crippen molar-refractivity contribution in [1.29, 1.82) is 0 Å². The smallest absolute Gasteiger partial charge is 0.342 e. The van der Waals surface area contributed by atoms with Gasteiger partial charge in [-0.1, -0.05) is 30.3 Å². The van der Waals surface area contributed by atoms with Gasteiger partial charge in [-0.25, -0.2) is 9.59 Å². The first kappa shape index (κ1) is 16.7. The van der Waals surface area contributed by atoms with E-state index in [1.807, 2.05) is 12.1 Å². The van der Waals surface area contributed by atoms with Gasteiger partial charge in [0.25, 0.3) is 0 Å². The molecule has 0 bridgehead atoms. The van der Waals surface area contributed by atoms with Gasteiger partial charge in [-0.05, 0) is 23.6 Å². The van der Waals surface area contributed by atoms with Crippen molar-refractivity contribution in [3.63, 3.8) is 0 Å². The van der Waals surface area contributed by atoms with Crippen molar-refractivity contribution in [2.24, 2.45) is 0 Å². The predicted molar refractivity (Wildman–Crippen MR) is 98.9 cm³/mol. The number of ether oxygens (including phenoxy) is 1. The third kappa shape index (κ3) is 3.08. The fraction of sp³-hybridized carbons (Fsp3) is 0.0476.